The average Bonchev–Trinajstić information content (AvgIpc) is 2.75. The molecule has 0 amide bonds. The first-order chi connectivity index (χ1) is 8.70. The number of carbonyl (C=O) groups is 1. The molecule has 0 bridgehead atoms. The molecule has 1 fully saturated rings. The Hall–Kier alpha value is -1.62. The minimum atomic E-state index is -0.681. The number of ether oxygens (including phenoxy) is 2. The van der Waals surface area contributed by atoms with Crippen LogP contribution in [0.2, 0.25) is 0 Å². The highest BCUT2D eigenvalue weighted by molar-refractivity contribution is 5.76. The zero-order valence-corrected chi connectivity index (χ0v) is 10.2. The molecule has 1 unspecified atom stereocenters. The Morgan fingerprint density at radius 1 is 1.56 bits per heavy atom. The Kier molecular flexibility index (Phi) is 4.15. The van der Waals surface area contributed by atoms with E-state index >= 15 is 0 Å². The van der Waals surface area contributed by atoms with Crippen LogP contribution in [0, 0.1) is 5.82 Å². The van der Waals surface area contributed by atoms with Crippen molar-refractivity contribution in [3.63, 3.8) is 0 Å². The predicted octanol–water partition coefficient (Wildman–Crippen LogP) is 1.63. The smallest absolute Gasteiger partial charge is 0.347 e. The van der Waals surface area contributed by atoms with Crippen LogP contribution in [-0.4, -0.2) is 25.2 Å². The van der Waals surface area contributed by atoms with Crippen LogP contribution in [0.15, 0.2) is 18.2 Å². The number of benzene rings is 1. The van der Waals surface area contributed by atoms with Gasteiger partial charge in [-0.1, -0.05) is 13.0 Å². The fourth-order valence-electron chi connectivity index (χ4n) is 1.76. The summed E-state index contributed by atoms with van der Waals surface area (Å²) in [5.74, 6) is -0.782. The van der Waals surface area contributed by atoms with Crippen LogP contribution in [-0.2, 0) is 16.1 Å². The van der Waals surface area contributed by atoms with Crippen LogP contribution in [0.1, 0.15) is 18.9 Å². The van der Waals surface area contributed by atoms with E-state index in [1.54, 1.807) is 12.1 Å². The first-order valence-corrected chi connectivity index (χ1v) is 6.03. The van der Waals surface area contributed by atoms with Gasteiger partial charge in [-0.25, -0.2) is 9.18 Å². The lowest BCUT2D eigenvalue weighted by Crippen LogP contribution is -2.22. The molecule has 1 atom stereocenters. The van der Waals surface area contributed by atoms with E-state index in [0.717, 1.165) is 12.1 Å². The lowest BCUT2D eigenvalue weighted by molar-refractivity contribution is -0.143. The molecule has 1 N–H and O–H groups in total. The van der Waals surface area contributed by atoms with E-state index in [4.69, 9.17) is 9.47 Å². The van der Waals surface area contributed by atoms with Crippen LogP contribution < -0.4 is 10.1 Å². The first kappa shape index (κ1) is 12.8. The minimum absolute atomic E-state index is 0.0964. The van der Waals surface area contributed by atoms with Crippen molar-refractivity contribution in [1.29, 1.82) is 0 Å². The van der Waals surface area contributed by atoms with Gasteiger partial charge in [0.25, 0.3) is 0 Å². The molecule has 1 aliphatic rings. The highest BCUT2D eigenvalue weighted by atomic mass is 19.1. The third kappa shape index (κ3) is 2.98. The maximum absolute atomic E-state index is 13.8. The van der Waals surface area contributed by atoms with Crippen molar-refractivity contribution >= 4 is 5.97 Å². The molecular weight excluding hydrogens is 237 g/mol. The number of cyclic esters (lactones) is 1. The Bertz CT molecular complexity index is 436. The number of rotatable bonds is 5. The lowest BCUT2D eigenvalue weighted by Gasteiger charge is -2.11. The van der Waals surface area contributed by atoms with Crippen LogP contribution in [0.25, 0.3) is 0 Å². The number of hydrogen-bond donors (Lipinski definition) is 1. The minimum Gasteiger partial charge on any atom is -0.476 e. The van der Waals surface area contributed by atoms with Gasteiger partial charge in [0.15, 0.2) is 17.7 Å². The molecule has 0 spiro atoms. The summed E-state index contributed by atoms with van der Waals surface area (Å²) in [6.07, 6.45) is -0.212. The van der Waals surface area contributed by atoms with Crippen molar-refractivity contribution in [3.05, 3.63) is 29.6 Å². The summed E-state index contributed by atoms with van der Waals surface area (Å²) in [7, 11) is 0. The molecule has 1 saturated heterocycles. The second kappa shape index (κ2) is 5.82. The molecule has 0 radical (unpaired) electrons. The normalized spacial score (nSPS) is 18.8. The van der Waals surface area contributed by atoms with E-state index < -0.39 is 17.9 Å². The maximum atomic E-state index is 13.8. The largest absolute Gasteiger partial charge is 0.476 e. The van der Waals surface area contributed by atoms with Crippen molar-refractivity contribution in [3.8, 4) is 5.75 Å². The second-order valence-electron chi connectivity index (χ2n) is 4.11. The van der Waals surface area contributed by atoms with Gasteiger partial charge >= 0.3 is 5.97 Å². The lowest BCUT2D eigenvalue weighted by atomic mass is 10.2. The summed E-state index contributed by atoms with van der Waals surface area (Å²) in [4.78, 5) is 11.2. The fraction of sp³-hybridized carbons (Fsp3) is 0.462. The molecule has 4 nitrogen and oxygen atoms in total. The third-order valence-electron chi connectivity index (χ3n) is 2.73. The van der Waals surface area contributed by atoms with Gasteiger partial charge < -0.3 is 14.8 Å². The molecule has 2 rings (SSSR count). The molecule has 1 aromatic carbocycles. The van der Waals surface area contributed by atoms with Gasteiger partial charge in [0.2, 0.25) is 0 Å². The zero-order chi connectivity index (χ0) is 13.0. The van der Waals surface area contributed by atoms with Gasteiger partial charge in [0, 0.05) is 13.0 Å². The quantitative estimate of drug-likeness (QED) is 0.810. The van der Waals surface area contributed by atoms with Crippen LogP contribution in [0.4, 0.5) is 4.39 Å². The Balaban J connectivity index is 2.02. The molecule has 1 aliphatic heterocycles. The van der Waals surface area contributed by atoms with Gasteiger partial charge in [-0.15, -0.1) is 0 Å². The van der Waals surface area contributed by atoms with Gasteiger partial charge in [-0.05, 0) is 24.2 Å². The summed E-state index contributed by atoms with van der Waals surface area (Å²) >= 11 is 0. The third-order valence-corrected chi connectivity index (χ3v) is 2.73. The molecular formula is C13H16FNO3. The molecule has 5 heteroatoms. The fourth-order valence-corrected chi connectivity index (χ4v) is 1.76. The summed E-state index contributed by atoms with van der Waals surface area (Å²) < 4.78 is 23.8. The van der Waals surface area contributed by atoms with Gasteiger partial charge in [0.05, 0.1) is 6.61 Å². The zero-order valence-electron chi connectivity index (χ0n) is 10.2. The Morgan fingerprint density at radius 3 is 3.00 bits per heavy atom. The van der Waals surface area contributed by atoms with Crippen molar-refractivity contribution in [1.82, 2.24) is 5.32 Å². The Morgan fingerprint density at radius 2 is 2.39 bits per heavy atom. The molecule has 0 aliphatic carbocycles. The van der Waals surface area contributed by atoms with E-state index in [2.05, 4.69) is 5.32 Å². The Labute approximate surface area is 105 Å². The van der Waals surface area contributed by atoms with Crippen molar-refractivity contribution < 1.29 is 18.7 Å². The summed E-state index contributed by atoms with van der Waals surface area (Å²) in [5, 5.41) is 3.11. The molecule has 1 aromatic rings. The molecule has 0 aromatic heterocycles. The number of carbonyl (C=O) groups excluding carboxylic acids is 1. The van der Waals surface area contributed by atoms with Crippen molar-refractivity contribution in [2.45, 2.75) is 26.0 Å². The van der Waals surface area contributed by atoms with Crippen LogP contribution >= 0.6 is 0 Å². The number of halogens is 1. The molecule has 98 valence electrons. The summed E-state index contributed by atoms with van der Waals surface area (Å²) in [6.45, 7) is 3.76. The van der Waals surface area contributed by atoms with Crippen molar-refractivity contribution in [2.24, 2.45) is 0 Å². The summed E-state index contributed by atoms with van der Waals surface area (Å²) in [6, 6.07) is 4.74. The van der Waals surface area contributed by atoms with Crippen LogP contribution in [0.3, 0.4) is 0 Å². The van der Waals surface area contributed by atoms with Crippen molar-refractivity contribution in [2.75, 3.05) is 13.2 Å². The number of hydrogen-bond acceptors (Lipinski definition) is 4. The van der Waals surface area contributed by atoms with Gasteiger partial charge in [0.1, 0.15) is 0 Å². The van der Waals surface area contributed by atoms with E-state index in [1.165, 1.54) is 6.07 Å². The topological polar surface area (TPSA) is 47.6 Å². The maximum Gasteiger partial charge on any atom is 0.347 e. The molecule has 18 heavy (non-hydrogen) atoms. The number of esters is 1. The van der Waals surface area contributed by atoms with E-state index in [-0.39, 0.29) is 5.75 Å². The van der Waals surface area contributed by atoms with Gasteiger partial charge in [-0.2, -0.15) is 0 Å². The highest BCUT2D eigenvalue weighted by Gasteiger charge is 2.29. The summed E-state index contributed by atoms with van der Waals surface area (Å²) in [5.41, 5.74) is 0.843. The standard InChI is InChI=1S/C13H16FNO3/c1-2-15-8-9-3-4-11(10(14)7-9)18-12-5-6-17-13(12)16/h3-4,7,12,15H,2,5-6,8H2,1H3. The van der Waals surface area contributed by atoms with E-state index in [1.807, 2.05) is 6.92 Å². The number of nitrogens with one attached hydrogen (secondary N) is 1. The van der Waals surface area contributed by atoms with E-state index in [0.29, 0.717) is 19.6 Å². The molecule has 0 saturated carbocycles. The van der Waals surface area contributed by atoms with Gasteiger partial charge in [-0.3, -0.25) is 0 Å². The average molecular weight is 253 g/mol. The van der Waals surface area contributed by atoms with Crippen LogP contribution in [0.5, 0.6) is 5.75 Å². The second-order valence-corrected chi connectivity index (χ2v) is 4.11. The monoisotopic (exact) mass is 253 g/mol. The SMILES string of the molecule is CCNCc1ccc(OC2CCOC2=O)c(F)c1. The van der Waals surface area contributed by atoms with E-state index in [9.17, 15) is 9.18 Å². The molecule has 1 heterocycles. The highest BCUT2D eigenvalue weighted by Crippen LogP contribution is 2.22. The first-order valence-electron chi connectivity index (χ1n) is 6.03. The predicted molar refractivity (Wildman–Crippen MR) is 63.8 cm³/mol.